The number of aliphatic hydroxyl groups is 1. The fraction of sp³-hybridized carbons (Fsp3) is 0.917. The normalized spacial score (nSPS) is 20.0. The van der Waals surface area contributed by atoms with E-state index in [-0.39, 0.29) is 12.5 Å². The van der Waals surface area contributed by atoms with Gasteiger partial charge in [-0.15, -0.1) is 0 Å². The predicted molar refractivity (Wildman–Crippen MR) is 65.8 cm³/mol. The molecule has 0 aliphatic carbocycles. The fourth-order valence-corrected chi connectivity index (χ4v) is 2.00. The van der Waals surface area contributed by atoms with Crippen molar-refractivity contribution in [2.24, 2.45) is 0 Å². The van der Waals surface area contributed by atoms with Gasteiger partial charge in [0.05, 0.1) is 17.7 Å². The van der Waals surface area contributed by atoms with Crippen molar-refractivity contribution in [1.29, 1.82) is 0 Å². The predicted octanol–water partition coefficient (Wildman–Crippen LogP) is 0.0322. The van der Waals surface area contributed by atoms with Gasteiger partial charge >= 0.3 is 0 Å². The summed E-state index contributed by atoms with van der Waals surface area (Å²) in [6.07, 6.45) is 1.33. The van der Waals surface area contributed by atoms with Crippen LogP contribution in [0.15, 0.2) is 0 Å². The fourth-order valence-electron chi connectivity index (χ4n) is 2.00. The van der Waals surface area contributed by atoms with Crippen LogP contribution in [-0.4, -0.2) is 48.5 Å². The molecule has 1 aliphatic rings. The number of carbonyl (C=O) groups excluding carboxylic acids is 1. The van der Waals surface area contributed by atoms with E-state index < -0.39 is 11.1 Å². The SMILES string of the molecule is CCNC(C)(C)C(=O)NC1(CO)CCOCC1. The molecule has 1 aliphatic heterocycles. The first-order chi connectivity index (χ1) is 7.96. The van der Waals surface area contributed by atoms with Crippen molar-refractivity contribution < 1.29 is 14.6 Å². The van der Waals surface area contributed by atoms with Gasteiger partial charge in [-0.1, -0.05) is 6.92 Å². The van der Waals surface area contributed by atoms with Gasteiger partial charge < -0.3 is 20.5 Å². The van der Waals surface area contributed by atoms with Crippen LogP contribution in [0.3, 0.4) is 0 Å². The Kier molecular flexibility index (Phi) is 4.91. The van der Waals surface area contributed by atoms with Gasteiger partial charge in [0.2, 0.25) is 5.91 Å². The summed E-state index contributed by atoms with van der Waals surface area (Å²) in [5.41, 5.74) is -1.13. The van der Waals surface area contributed by atoms with Gasteiger partial charge in [-0.2, -0.15) is 0 Å². The van der Waals surface area contributed by atoms with Crippen molar-refractivity contribution in [3.05, 3.63) is 0 Å². The molecule has 0 aromatic heterocycles. The zero-order valence-electron chi connectivity index (χ0n) is 11.0. The summed E-state index contributed by atoms with van der Waals surface area (Å²) in [4.78, 5) is 12.2. The standard InChI is InChI=1S/C12H24N2O3/c1-4-13-11(2,3)10(16)14-12(9-15)5-7-17-8-6-12/h13,15H,4-9H2,1-3H3,(H,14,16). The van der Waals surface area contributed by atoms with E-state index in [2.05, 4.69) is 10.6 Å². The molecule has 5 nitrogen and oxygen atoms in total. The lowest BCUT2D eigenvalue weighted by Crippen LogP contribution is -2.62. The molecule has 0 radical (unpaired) electrons. The molecule has 0 aromatic carbocycles. The summed E-state index contributed by atoms with van der Waals surface area (Å²) in [5.74, 6) is -0.0738. The van der Waals surface area contributed by atoms with E-state index in [0.717, 1.165) is 6.54 Å². The number of rotatable bonds is 5. The zero-order chi connectivity index (χ0) is 12.9. The average Bonchev–Trinajstić information content (AvgIpc) is 2.30. The number of carbonyl (C=O) groups is 1. The second-order valence-corrected chi connectivity index (χ2v) is 5.16. The van der Waals surface area contributed by atoms with Crippen molar-refractivity contribution in [2.45, 2.75) is 44.7 Å². The topological polar surface area (TPSA) is 70.6 Å². The van der Waals surface area contributed by atoms with E-state index in [0.29, 0.717) is 26.1 Å². The molecule has 17 heavy (non-hydrogen) atoms. The van der Waals surface area contributed by atoms with E-state index in [1.54, 1.807) is 0 Å². The molecule has 0 aromatic rings. The first kappa shape index (κ1) is 14.4. The number of hydrogen-bond acceptors (Lipinski definition) is 4. The Morgan fingerprint density at radius 3 is 2.47 bits per heavy atom. The van der Waals surface area contributed by atoms with E-state index in [1.165, 1.54) is 0 Å². The second kappa shape index (κ2) is 5.80. The number of nitrogens with one attached hydrogen (secondary N) is 2. The lowest BCUT2D eigenvalue weighted by Gasteiger charge is -2.39. The molecule has 0 saturated carbocycles. The Labute approximate surface area is 103 Å². The van der Waals surface area contributed by atoms with Crippen molar-refractivity contribution >= 4 is 5.91 Å². The minimum Gasteiger partial charge on any atom is -0.394 e. The number of likely N-dealkylation sites (N-methyl/N-ethyl adjacent to an activating group) is 1. The van der Waals surface area contributed by atoms with Gasteiger partial charge in [-0.3, -0.25) is 4.79 Å². The molecule has 1 heterocycles. The first-order valence-electron chi connectivity index (χ1n) is 6.22. The number of hydrogen-bond donors (Lipinski definition) is 3. The summed E-state index contributed by atoms with van der Waals surface area (Å²) >= 11 is 0. The Morgan fingerprint density at radius 1 is 1.41 bits per heavy atom. The van der Waals surface area contributed by atoms with Crippen molar-refractivity contribution in [2.75, 3.05) is 26.4 Å². The number of amides is 1. The van der Waals surface area contributed by atoms with E-state index in [1.807, 2.05) is 20.8 Å². The third-order valence-electron chi connectivity index (χ3n) is 3.32. The highest BCUT2D eigenvalue weighted by atomic mass is 16.5. The molecular formula is C12H24N2O3. The largest absolute Gasteiger partial charge is 0.394 e. The number of ether oxygens (including phenoxy) is 1. The highest BCUT2D eigenvalue weighted by Crippen LogP contribution is 2.21. The summed E-state index contributed by atoms with van der Waals surface area (Å²) < 4.78 is 5.26. The monoisotopic (exact) mass is 244 g/mol. The highest BCUT2D eigenvalue weighted by molar-refractivity contribution is 5.86. The molecule has 0 bridgehead atoms. The second-order valence-electron chi connectivity index (χ2n) is 5.16. The first-order valence-corrected chi connectivity index (χ1v) is 6.22. The van der Waals surface area contributed by atoms with E-state index >= 15 is 0 Å². The van der Waals surface area contributed by atoms with Crippen LogP contribution >= 0.6 is 0 Å². The Balaban J connectivity index is 2.64. The molecular weight excluding hydrogens is 220 g/mol. The molecule has 100 valence electrons. The number of aliphatic hydroxyl groups excluding tert-OH is 1. The molecule has 3 N–H and O–H groups in total. The van der Waals surface area contributed by atoms with Gasteiger partial charge in [-0.05, 0) is 33.2 Å². The maximum absolute atomic E-state index is 12.2. The quantitative estimate of drug-likeness (QED) is 0.638. The lowest BCUT2D eigenvalue weighted by molar-refractivity contribution is -0.130. The van der Waals surface area contributed by atoms with Gasteiger partial charge in [0.25, 0.3) is 0 Å². The summed E-state index contributed by atoms with van der Waals surface area (Å²) in [5, 5.41) is 15.6. The zero-order valence-corrected chi connectivity index (χ0v) is 11.0. The highest BCUT2D eigenvalue weighted by Gasteiger charge is 2.37. The van der Waals surface area contributed by atoms with Crippen LogP contribution in [0.5, 0.6) is 0 Å². The summed E-state index contributed by atoms with van der Waals surface area (Å²) in [6.45, 7) is 7.52. The summed E-state index contributed by atoms with van der Waals surface area (Å²) in [7, 11) is 0. The van der Waals surface area contributed by atoms with Gasteiger partial charge in [-0.25, -0.2) is 0 Å². The third-order valence-corrected chi connectivity index (χ3v) is 3.32. The molecule has 0 atom stereocenters. The van der Waals surface area contributed by atoms with Gasteiger partial charge in [0.1, 0.15) is 0 Å². The maximum atomic E-state index is 12.2. The Bertz CT molecular complexity index is 260. The van der Waals surface area contributed by atoms with Crippen LogP contribution in [0.2, 0.25) is 0 Å². The summed E-state index contributed by atoms with van der Waals surface area (Å²) in [6, 6.07) is 0. The van der Waals surface area contributed by atoms with Crippen LogP contribution in [0.4, 0.5) is 0 Å². The van der Waals surface area contributed by atoms with Crippen molar-refractivity contribution in [3.63, 3.8) is 0 Å². The van der Waals surface area contributed by atoms with Crippen LogP contribution in [0, 0.1) is 0 Å². The van der Waals surface area contributed by atoms with Crippen LogP contribution < -0.4 is 10.6 Å². The maximum Gasteiger partial charge on any atom is 0.240 e. The van der Waals surface area contributed by atoms with E-state index in [9.17, 15) is 9.90 Å². The molecule has 1 saturated heterocycles. The van der Waals surface area contributed by atoms with E-state index in [4.69, 9.17) is 4.74 Å². The molecule has 5 heteroatoms. The van der Waals surface area contributed by atoms with Crippen LogP contribution in [0.1, 0.15) is 33.6 Å². The van der Waals surface area contributed by atoms with Gasteiger partial charge in [0, 0.05) is 13.2 Å². The molecule has 0 unspecified atom stereocenters. The average molecular weight is 244 g/mol. The Morgan fingerprint density at radius 2 is 2.00 bits per heavy atom. The molecule has 1 rings (SSSR count). The van der Waals surface area contributed by atoms with Crippen LogP contribution in [0.25, 0.3) is 0 Å². The van der Waals surface area contributed by atoms with Crippen LogP contribution in [-0.2, 0) is 9.53 Å². The minimum absolute atomic E-state index is 0.0374. The molecule has 0 spiro atoms. The van der Waals surface area contributed by atoms with Crippen molar-refractivity contribution in [3.8, 4) is 0 Å². The molecule has 1 amide bonds. The molecule has 1 fully saturated rings. The van der Waals surface area contributed by atoms with Gasteiger partial charge in [0.15, 0.2) is 0 Å². The van der Waals surface area contributed by atoms with Crippen molar-refractivity contribution in [1.82, 2.24) is 10.6 Å². The Hall–Kier alpha value is -0.650. The smallest absolute Gasteiger partial charge is 0.240 e. The third kappa shape index (κ3) is 3.66. The minimum atomic E-state index is -0.616. The lowest BCUT2D eigenvalue weighted by atomic mass is 9.89.